The van der Waals surface area contributed by atoms with Gasteiger partial charge < -0.3 is 5.32 Å². The van der Waals surface area contributed by atoms with Crippen LogP contribution < -0.4 is 5.32 Å². The molecule has 18 heavy (non-hydrogen) atoms. The van der Waals surface area contributed by atoms with Gasteiger partial charge in [0.25, 0.3) is 0 Å². The van der Waals surface area contributed by atoms with E-state index >= 15 is 0 Å². The number of likely N-dealkylation sites (tertiary alicyclic amines) is 1. The molecule has 0 aromatic carbocycles. The summed E-state index contributed by atoms with van der Waals surface area (Å²) in [4.78, 5) is 2.79. The average Bonchev–Trinajstić information content (AvgIpc) is 2.36. The molecule has 0 spiro atoms. The summed E-state index contributed by atoms with van der Waals surface area (Å²) in [5.41, 5.74) is 0. The molecule has 108 valence electrons. The smallest absolute Gasteiger partial charge is 0.0249 e. The third-order valence-electron chi connectivity index (χ3n) is 4.80. The summed E-state index contributed by atoms with van der Waals surface area (Å²) in [6, 6.07) is 2.15. The number of hydrogen-bond donors (Lipinski definition) is 1. The molecule has 4 atom stereocenters. The number of piperidine rings is 1. The number of rotatable bonds is 7. The molecule has 0 aliphatic carbocycles. The van der Waals surface area contributed by atoms with Crippen molar-refractivity contribution in [2.75, 3.05) is 13.1 Å². The zero-order chi connectivity index (χ0) is 13.5. The molecule has 1 saturated heterocycles. The molecular formula is C16H34N2. The molecule has 0 saturated carbocycles. The van der Waals surface area contributed by atoms with E-state index in [0.717, 1.165) is 24.5 Å². The Morgan fingerprint density at radius 3 is 2.50 bits per heavy atom. The molecule has 2 heteroatoms. The van der Waals surface area contributed by atoms with Gasteiger partial charge in [0, 0.05) is 18.1 Å². The molecule has 0 bridgehead atoms. The van der Waals surface area contributed by atoms with Gasteiger partial charge in [-0.1, -0.05) is 34.1 Å². The summed E-state index contributed by atoms with van der Waals surface area (Å²) < 4.78 is 0. The molecule has 1 aliphatic heterocycles. The molecule has 0 radical (unpaired) electrons. The van der Waals surface area contributed by atoms with Crippen LogP contribution in [-0.4, -0.2) is 36.1 Å². The third kappa shape index (κ3) is 3.96. The molecule has 2 nitrogen and oxygen atoms in total. The summed E-state index contributed by atoms with van der Waals surface area (Å²) in [5.74, 6) is 0.858. The van der Waals surface area contributed by atoms with Gasteiger partial charge in [-0.15, -0.1) is 0 Å². The van der Waals surface area contributed by atoms with E-state index < -0.39 is 0 Å². The number of nitrogens with zero attached hydrogens (tertiary/aromatic N) is 1. The minimum Gasteiger partial charge on any atom is -0.313 e. The van der Waals surface area contributed by atoms with Gasteiger partial charge >= 0.3 is 0 Å². The summed E-state index contributed by atoms with van der Waals surface area (Å²) >= 11 is 0. The SMILES string of the molecule is CCCC(NCC)C(CC)N1CCCC(C)C1C. The van der Waals surface area contributed by atoms with Crippen molar-refractivity contribution in [2.24, 2.45) is 5.92 Å². The van der Waals surface area contributed by atoms with Crippen LogP contribution in [0.1, 0.15) is 66.7 Å². The maximum Gasteiger partial charge on any atom is 0.0249 e. The minimum absolute atomic E-state index is 0.678. The quantitative estimate of drug-likeness (QED) is 0.746. The van der Waals surface area contributed by atoms with Gasteiger partial charge in [-0.3, -0.25) is 4.90 Å². The maximum atomic E-state index is 3.73. The molecule has 1 rings (SSSR count). The number of hydrogen-bond acceptors (Lipinski definition) is 2. The van der Waals surface area contributed by atoms with Crippen LogP contribution in [0.3, 0.4) is 0 Å². The number of nitrogens with one attached hydrogen (secondary N) is 1. The lowest BCUT2D eigenvalue weighted by atomic mass is 9.88. The van der Waals surface area contributed by atoms with Crippen molar-refractivity contribution in [3.05, 3.63) is 0 Å². The second kappa shape index (κ2) is 8.16. The Morgan fingerprint density at radius 2 is 1.94 bits per heavy atom. The van der Waals surface area contributed by atoms with E-state index in [4.69, 9.17) is 0 Å². The summed E-state index contributed by atoms with van der Waals surface area (Å²) in [7, 11) is 0. The fraction of sp³-hybridized carbons (Fsp3) is 1.00. The summed E-state index contributed by atoms with van der Waals surface area (Å²) in [6.07, 6.45) is 6.66. The van der Waals surface area contributed by atoms with Crippen molar-refractivity contribution >= 4 is 0 Å². The predicted molar refractivity (Wildman–Crippen MR) is 81.0 cm³/mol. The highest BCUT2D eigenvalue weighted by molar-refractivity contribution is 4.89. The molecule has 0 aromatic heterocycles. The average molecular weight is 254 g/mol. The van der Waals surface area contributed by atoms with Gasteiger partial charge in [0.1, 0.15) is 0 Å². The Labute approximate surface area is 115 Å². The maximum absolute atomic E-state index is 3.73. The van der Waals surface area contributed by atoms with Gasteiger partial charge in [0.15, 0.2) is 0 Å². The van der Waals surface area contributed by atoms with Gasteiger partial charge in [-0.05, 0) is 51.6 Å². The van der Waals surface area contributed by atoms with Crippen LogP contribution in [0.15, 0.2) is 0 Å². The Morgan fingerprint density at radius 1 is 1.22 bits per heavy atom. The van der Waals surface area contributed by atoms with Crippen molar-refractivity contribution in [1.82, 2.24) is 10.2 Å². The fourth-order valence-electron chi connectivity index (χ4n) is 3.59. The lowest BCUT2D eigenvalue weighted by Crippen LogP contribution is -2.56. The Kier molecular flexibility index (Phi) is 7.25. The van der Waals surface area contributed by atoms with E-state index in [0.29, 0.717) is 6.04 Å². The fourth-order valence-corrected chi connectivity index (χ4v) is 3.59. The normalized spacial score (nSPS) is 29.2. The standard InChI is InChI=1S/C16H34N2/c1-6-10-15(17-8-3)16(7-2)18-12-9-11-13(4)14(18)5/h13-17H,6-12H2,1-5H3. The zero-order valence-electron chi connectivity index (χ0n) is 13.2. The molecule has 1 N–H and O–H groups in total. The van der Waals surface area contributed by atoms with E-state index in [2.05, 4.69) is 44.8 Å². The first-order valence-corrected chi connectivity index (χ1v) is 8.14. The molecule has 4 unspecified atom stereocenters. The first kappa shape index (κ1) is 16.0. The van der Waals surface area contributed by atoms with E-state index in [9.17, 15) is 0 Å². The Balaban J connectivity index is 2.72. The van der Waals surface area contributed by atoms with Crippen molar-refractivity contribution in [3.8, 4) is 0 Å². The van der Waals surface area contributed by atoms with Crippen LogP contribution in [0.5, 0.6) is 0 Å². The molecule has 0 aromatic rings. The second-order valence-electron chi connectivity index (χ2n) is 6.03. The molecule has 0 amide bonds. The van der Waals surface area contributed by atoms with E-state index in [-0.39, 0.29) is 0 Å². The lowest BCUT2D eigenvalue weighted by Gasteiger charge is -2.45. The molecular weight excluding hydrogens is 220 g/mol. The highest BCUT2D eigenvalue weighted by Crippen LogP contribution is 2.27. The van der Waals surface area contributed by atoms with Crippen LogP contribution in [0, 0.1) is 5.92 Å². The summed E-state index contributed by atoms with van der Waals surface area (Å²) in [6.45, 7) is 14.1. The van der Waals surface area contributed by atoms with Gasteiger partial charge in [-0.25, -0.2) is 0 Å². The Hall–Kier alpha value is -0.0800. The predicted octanol–water partition coefficient (Wildman–Crippen LogP) is 3.66. The van der Waals surface area contributed by atoms with Crippen LogP contribution in [-0.2, 0) is 0 Å². The molecule has 1 fully saturated rings. The molecule has 1 heterocycles. The van der Waals surface area contributed by atoms with Crippen molar-refractivity contribution in [3.63, 3.8) is 0 Å². The van der Waals surface area contributed by atoms with Crippen molar-refractivity contribution in [1.29, 1.82) is 0 Å². The van der Waals surface area contributed by atoms with Crippen LogP contribution in [0.4, 0.5) is 0 Å². The Bertz CT molecular complexity index is 211. The van der Waals surface area contributed by atoms with Gasteiger partial charge in [-0.2, -0.15) is 0 Å². The van der Waals surface area contributed by atoms with Crippen molar-refractivity contribution < 1.29 is 0 Å². The van der Waals surface area contributed by atoms with Crippen LogP contribution in [0.25, 0.3) is 0 Å². The topological polar surface area (TPSA) is 15.3 Å². The van der Waals surface area contributed by atoms with Crippen LogP contribution in [0.2, 0.25) is 0 Å². The largest absolute Gasteiger partial charge is 0.313 e. The van der Waals surface area contributed by atoms with Gasteiger partial charge in [0.05, 0.1) is 0 Å². The first-order chi connectivity index (χ1) is 8.65. The lowest BCUT2D eigenvalue weighted by molar-refractivity contribution is 0.0459. The van der Waals surface area contributed by atoms with E-state index in [1.165, 1.54) is 38.6 Å². The van der Waals surface area contributed by atoms with Crippen LogP contribution >= 0.6 is 0 Å². The highest BCUT2D eigenvalue weighted by Gasteiger charge is 2.32. The molecule has 1 aliphatic rings. The highest BCUT2D eigenvalue weighted by atomic mass is 15.2. The third-order valence-corrected chi connectivity index (χ3v) is 4.80. The van der Waals surface area contributed by atoms with E-state index in [1.54, 1.807) is 0 Å². The minimum atomic E-state index is 0.678. The first-order valence-electron chi connectivity index (χ1n) is 8.14. The van der Waals surface area contributed by atoms with Gasteiger partial charge in [0.2, 0.25) is 0 Å². The monoisotopic (exact) mass is 254 g/mol. The number of likely N-dealkylation sites (N-methyl/N-ethyl adjacent to an activating group) is 1. The van der Waals surface area contributed by atoms with Crippen molar-refractivity contribution in [2.45, 2.75) is 84.8 Å². The zero-order valence-corrected chi connectivity index (χ0v) is 13.2. The van der Waals surface area contributed by atoms with E-state index in [1.807, 2.05) is 0 Å². The second-order valence-corrected chi connectivity index (χ2v) is 6.03. The summed E-state index contributed by atoms with van der Waals surface area (Å²) in [5, 5.41) is 3.73.